The Labute approximate surface area is 131 Å². The molecule has 0 aliphatic heterocycles. The smallest absolute Gasteiger partial charge is 0.146 e. The van der Waals surface area contributed by atoms with Gasteiger partial charge in [0.2, 0.25) is 0 Å². The third kappa shape index (κ3) is 3.39. The lowest BCUT2D eigenvalue weighted by Crippen LogP contribution is -2.10. The van der Waals surface area contributed by atoms with E-state index >= 15 is 0 Å². The number of ether oxygens (including phenoxy) is 1. The van der Waals surface area contributed by atoms with Crippen molar-refractivity contribution < 1.29 is 13.5 Å². The van der Waals surface area contributed by atoms with Gasteiger partial charge in [-0.15, -0.1) is 0 Å². The maximum absolute atomic E-state index is 13.8. The van der Waals surface area contributed by atoms with Gasteiger partial charge >= 0.3 is 0 Å². The molecule has 0 fully saturated rings. The molecule has 0 spiro atoms. The minimum absolute atomic E-state index is 0.0780. The zero-order valence-electron chi connectivity index (χ0n) is 11.4. The number of rotatable bonds is 4. The summed E-state index contributed by atoms with van der Waals surface area (Å²) >= 11 is 12.0. The summed E-state index contributed by atoms with van der Waals surface area (Å²) in [6, 6.07) is 6.41. The maximum atomic E-state index is 13.8. The first-order valence-electron chi connectivity index (χ1n) is 6.17. The van der Waals surface area contributed by atoms with Crippen LogP contribution < -0.4 is 10.1 Å². The van der Waals surface area contributed by atoms with Crippen LogP contribution in [0.15, 0.2) is 30.3 Å². The second-order valence-electron chi connectivity index (χ2n) is 4.47. The second kappa shape index (κ2) is 6.50. The molecule has 0 radical (unpaired) electrons. The van der Waals surface area contributed by atoms with E-state index < -0.39 is 17.7 Å². The lowest BCUT2D eigenvalue weighted by molar-refractivity contribution is 0.414. The molecule has 2 aromatic carbocycles. The Morgan fingerprint density at radius 2 is 1.76 bits per heavy atom. The highest BCUT2D eigenvalue weighted by atomic mass is 35.5. The fraction of sp³-hybridized carbons (Fsp3) is 0.200. The first-order valence-corrected chi connectivity index (χ1v) is 6.93. The number of anilines is 1. The number of benzene rings is 2. The summed E-state index contributed by atoms with van der Waals surface area (Å²) in [4.78, 5) is 0. The third-order valence-corrected chi connectivity index (χ3v) is 3.77. The molecule has 0 aromatic heterocycles. The molecular weight excluding hydrogens is 319 g/mol. The highest BCUT2D eigenvalue weighted by molar-refractivity contribution is 6.36. The normalized spacial score (nSPS) is 12.1. The van der Waals surface area contributed by atoms with Crippen LogP contribution in [0.4, 0.5) is 14.5 Å². The zero-order chi connectivity index (χ0) is 15.6. The van der Waals surface area contributed by atoms with Crippen LogP contribution in [0.3, 0.4) is 0 Å². The van der Waals surface area contributed by atoms with Crippen molar-refractivity contribution in [1.29, 1.82) is 0 Å². The van der Waals surface area contributed by atoms with Gasteiger partial charge in [0.05, 0.1) is 23.9 Å². The fourth-order valence-electron chi connectivity index (χ4n) is 1.99. The summed E-state index contributed by atoms with van der Waals surface area (Å²) in [5.74, 6) is -0.523. The van der Waals surface area contributed by atoms with Gasteiger partial charge in [-0.25, -0.2) is 8.78 Å². The van der Waals surface area contributed by atoms with Crippen LogP contribution in [0.25, 0.3) is 0 Å². The first kappa shape index (κ1) is 15.9. The minimum atomic E-state index is -0.573. The molecule has 21 heavy (non-hydrogen) atoms. The van der Waals surface area contributed by atoms with Gasteiger partial charge in [-0.1, -0.05) is 23.2 Å². The van der Waals surface area contributed by atoms with Crippen molar-refractivity contribution in [2.75, 3.05) is 12.4 Å². The highest BCUT2D eigenvalue weighted by Gasteiger charge is 2.18. The van der Waals surface area contributed by atoms with Gasteiger partial charge in [0.25, 0.3) is 0 Å². The summed E-state index contributed by atoms with van der Waals surface area (Å²) in [5.41, 5.74) is 0.596. The molecule has 2 aromatic rings. The lowest BCUT2D eigenvalue weighted by atomic mass is 10.1. The van der Waals surface area contributed by atoms with Crippen LogP contribution in [0.2, 0.25) is 10.0 Å². The van der Waals surface area contributed by atoms with Crippen molar-refractivity contribution in [1.82, 2.24) is 0 Å². The molecule has 0 heterocycles. The summed E-state index contributed by atoms with van der Waals surface area (Å²) in [6.07, 6.45) is 0. The van der Waals surface area contributed by atoms with Gasteiger partial charge < -0.3 is 10.1 Å². The van der Waals surface area contributed by atoms with Crippen molar-refractivity contribution in [2.24, 2.45) is 0 Å². The lowest BCUT2D eigenvalue weighted by Gasteiger charge is -2.19. The van der Waals surface area contributed by atoms with Crippen molar-refractivity contribution in [3.05, 3.63) is 57.6 Å². The Morgan fingerprint density at radius 1 is 1.10 bits per heavy atom. The van der Waals surface area contributed by atoms with Crippen LogP contribution in [-0.4, -0.2) is 7.11 Å². The molecule has 0 aliphatic carbocycles. The van der Waals surface area contributed by atoms with Crippen molar-refractivity contribution in [3.63, 3.8) is 0 Å². The minimum Gasteiger partial charge on any atom is -0.497 e. The first-order chi connectivity index (χ1) is 9.93. The molecule has 0 bridgehead atoms. The average Bonchev–Trinajstić information content (AvgIpc) is 2.46. The standard InChI is InChI=1S/C15H13Cl2F2NO/c1-8(14-10(16)4-6-12(19)15(14)17)20-13-7-9(21-2)3-5-11(13)18/h3-8,20H,1-2H3. The van der Waals surface area contributed by atoms with Crippen molar-refractivity contribution in [3.8, 4) is 5.75 Å². The Bertz CT molecular complexity index is 664. The molecular formula is C15H13Cl2F2NO. The Kier molecular flexibility index (Phi) is 4.91. The van der Waals surface area contributed by atoms with Gasteiger partial charge in [-0.3, -0.25) is 0 Å². The quantitative estimate of drug-likeness (QED) is 0.752. The molecule has 6 heteroatoms. The Morgan fingerprint density at radius 3 is 2.43 bits per heavy atom. The molecule has 0 aliphatic rings. The number of hydrogen-bond donors (Lipinski definition) is 1. The summed E-state index contributed by atoms with van der Waals surface area (Å²) in [5, 5.41) is 3.15. The number of hydrogen-bond acceptors (Lipinski definition) is 2. The van der Waals surface area contributed by atoms with Crippen LogP contribution >= 0.6 is 23.2 Å². The van der Waals surface area contributed by atoms with Gasteiger partial charge in [0.15, 0.2) is 0 Å². The van der Waals surface area contributed by atoms with Crippen LogP contribution in [0.5, 0.6) is 5.75 Å². The fourth-order valence-corrected chi connectivity index (χ4v) is 2.69. The maximum Gasteiger partial charge on any atom is 0.146 e. The molecule has 112 valence electrons. The Balaban J connectivity index is 2.34. The third-order valence-electron chi connectivity index (χ3n) is 3.06. The largest absolute Gasteiger partial charge is 0.497 e. The van der Waals surface area contributed by atoms with Crippen LogP contribution in [0.1, 0.15) is 18.5 Å². The average molecular weight is 332 g/mol. The number of nitrogens with one attached hydrogen (secondary N) is 1. The van der Waals surface area contributed by atoms with Gasteiger partial charge in [0.1, 0.15) is 17.4 Å². The van der Waals surface area contributed by atoms with Gasteiger partial charge in [0, 0.05) is 16.7 Å². The van der Waals surface area contributed by atoms with E-state index in [2.05, 4.69) is 5.32 Å². The van der Waals surface area contributed by atoms with E-state index in [0.717, 1.165) is 0 Å². The summed E-state index contributed by atoms with van der Waals surface area (Å²) in [7, 11) is 1.49. The van der Waals surface area contributed by atoms with Gasteiger partial charge in [-0.2, -0.15) is 0 Å². The molecule has 1 N–H and O–H groups in total. The second-order valence-corrected chi connectivity index (χ2v) is 5.25. The molecule has 0 saturated carbocycles. The molecule has 2 nitrogen and oxygen atoms in total. The van der Waals surface area contributed by atoms with Crippen LogP contribution in [0, 0.1) is 11.6 Å². The van der Waals surface area contributed by atoms with E-state index in [0.29, 0.717) is 16.3 Å². The van der Waals surface area contributed by atoms with E-state index in [1.54, 1.807) is 6.92 Å². The highest BCUT2D eigenvalue weighted by Crippen LogP contribution is 2.35. The molecule has 2 rings (SSSR count). The summed E-state index contributed by atoms with van der Waals surface area (Å²) < 4.78 is 32.4. The molecule has 1 atom stereocenters. The number of halogens is 4. The van der Waals surface area contributed by atoms with Crippen molar-refractivity contribution >= 4 is 28.9 Å². The topological polar surface area (TPSA) is 21.3 Å². The van der Waals surface area contributed by atoms with E-state index in [1.807, 2.05) is 0 Å². The Hall–Kier alpha value is -1.52. The summed E-state index contributed by atoms with van der Waals surface area (Å²) in [6.45, 7) is 1.71. The monoisotopic (exact) mass is 331 g/mol. The van der Waals surface area contributed by atoms with Gasteiger partial charge in [-0.05, 0) is 31.2 Å². The molecule has 0 amide bonds. The molecule has 0 saturated heterocycles. The predicted molar refractivity (Wildman–Crippen MR) is 81.4 cm³/mol. The zero-order valence-corrected chi connectivity index (χ0v) is 12.9. The predicted octanol–water partition coefficient (Wildman–Crippen LogP) is 5.45. The van der Waals surface area contributed by atoms with E-state index in [-0.39, 0.29) is 10.7 Å². The number of methoxy groups -OCH3 is 1. The molecule has 1 unspecified atom stereocenters. The van der Waals surface area contributed by atoms with E-state index in [4.69, 9.17) is 27.9 Å². The van der Waals surface area contributed by atoms with E-state index in [9.17, 15) is 8.78 Å². The van der Waals surface area contributed by atoms with Crippen LogP contribution in [-0.2, 0) is 0 Å². The van der Waals surface area contributed by atoms with E-state index in [1.165, 1.54) is 37.4 Å². The van der Waals surface area contributed by atoms with Crippen molar-refractivity contribution in [2.45, 2.75) is 13.0 Å². The SMILES string of the molecule is COc1ccc(F)c(NC(C)c2c(Cl)ccc(F)c2Cl)c1.